The van der Waals surface area contributed by atoms with Gasteiger partial charge in [0.15, 0.2) is 11.4 Å². The van der Waals surface area contributed by atoms with Crippen molar-refractivity contribution in [2.24, 2.45) is 4.99 Å². The highest BCUT2D eigenvalue weighted by molar-refractivity contribution is 7.07. The molecule has 3 aromatic carbocycles. The number of ether oxygens (including phenoxy) is 4. The number of benzene rings is 3. The lowest BCUT2D eigenvalue weighted by Crippen LogP contribution is -2.42. The molecule has 1 amide bonds. The highest BCUT2D eigenvalue weighted by atomic mass is 32.1. The second-order valence-corrected chi connectivity index (χ2v) is 12.2. The molecular weight excluding hydrogens is 618 g/mol. The van der Waals surface area contributed by atoms with Crippen molar-refractivity contribution in [1.82, 2.24) is 9.47 Å². The van der Waals surface area contributed by atoms with Gasteiger partial charge in [-0.25, -0.2) is 9.79 Å². The number of morpholine rings is 1. The number of hydrogen-bond acceptors (Lipinski definition) is 9. The summed E-state index contributed by atoms with van der Waals surface area (Å²) < 4.78 is 24.5. The van der Waals surface area contributed by atoms with Crippen molar-refractivity contribution in [1.29, 1.82) is 0 Å². The average molecular weight is 656 g/mol. The molecule has 0 radical (unpaired) electrons. The second kappa shape index (κ2) is 14.4. The Kier molecular flexibility index (Phi) is 9.84. The van der Waals surface area contributed by atoms with Crippen LogP contribution in [0.4, 0.5) is 0 Å². The Morgan fingerprint density at radius 3 is 2.53 bits per heavy atom. The second-order valence-electron chi connectivity index (χ2n) is 11.2. The largest absolute Gasteiger partial charge is 0.496 e. The van der Waals surface area contributed by atoms with E-state index in [4.69, 9.17) is 23.9 Å². The number of amides is 1. The minimum absolute atomic E-state index is 0.0571. The molecule has 47 heavy (non-hydrogen) atoms. The van der Waals surface area contributed by atoms with Crippen LogP contribution < -0.4 is 24.4 Å². The standard InChI is InChI=1S/C36H37N3O7S/c1-4-8-27-32(35(42)45-5-2)33(31-26-10-7-6-9-24(26)13-16-28(31)43-3)39-34(41)29(47-36(39)37-27)21-23-11-14-25(15-12-23)46-22-30(40)38-17-19-44-20-18-38/h6-7,9-16,21,33H,4-5,8,17-20,22H2,1-3H3/b29-21+/t33-/m0/s1. The minimum atomic E-state index is -0.810. The van der Waals surface area contributed by atoms with E-state index in [0.29, 0.717) is 70.4 Å². The fourth-order valence-corrected chi connectivity index (χ4v) is 7.01. The lowest BCUT2D eigenvalue weighted by atomic mass is 9.90. The van der Waals surface area contributed by atoms with Crippen LogP contribution in [0.5, 0.6) is 11.5 Å². The molecule has 2 aliphatic rings. The minimum Gasteiger partial charge on any atom is -0.496 e. The van der Waals surface area contributed by atoms with E-state index in [1.807, 2.05) is 55.5 Å². The molecule has 10 nitrogen and oxygen atoms in total. The fraction of sp³-hybridized carbons (Fsp3) is 0.333. The van der Waals surface area contributed by atoms with Gasteiger partial charge < -0.3 is 23.8 Å². The maximum atomic E-state index is 14.3. The number of fused-ring (bicyclic) bond motifs is 2. The van der Waals surface area contributed by atoms with Crippen LogP contribution in [-0.4, -0.2) is 68.0 Å². The molecule has 1 saturated heterocycles. The summed E-state index contributed by atoms with van der Waals surface area (Å²) in [6.07, 6.45) is 3.10. The molecule has 0 bridgehead atoms. The predicted octanol–water partition coefficient (Wildman–Crippen LogP) is 3.98. The number of thiazole rings is 1. The molecule has 0 spiro atoms. The van der Waals surface area contributed by atoms with E-state index in [0.717, 1.165) is 22.8 Å². The molecule has 0 unspecified atom stereocenters. The summed E-state index contributed by atoms with van der Waals surface area (Å²) in [7, 11) is 1.59. The summed E-state index contributed by atoms with van der Waals surface area (Å²) >= 11 is 1.27. The van der Waals surface area contributed by atoms with Crippen LogP contribution in [0.2, 0.25) is 0 Å². The van der Waals surface area contributed by atoms with Gasteiger partial charge in [-0.2, -0.15) is 0 Å². The summed E-state index contributed by atoms with van der Waals surface area (Å²) in [5.41, 5.74) is 2.16. The van der Waals surface area contributed by atoms with E-state index in [9.17, 15) is 14.4 Å². The number of aromatic nitrogens is 1. The predicted molar refractivity (Wildman–Crippen MR) is 179 cm³/mol. The van der Waals surface area contributed by atoms with Crippen LogP contribution in [0.15, 0.2) is 81.7 Å². The highest BCUT2D eigenvalue weighted by Crippen LogP contribution is 2.41. The van der Waals surface area contributed by atoms with Gasteiger partial charge in [0.05, 0.1) is 42.7 Å². The number of carbonyl (C=O) groups is 2. The summed E-state index contributed by atoms with van der Waals surface area (Å²) in [6, 6.07) is 18.1. The lowest BCUT2D eigenvalue weighted by Gasteiger charge is -2.28. The molecule has 1 fully saturated rings. The monoisotopic (exact) mass is 655 g/mol. The van der Waals surface area contributed by atoms with Crippen LogP contribution in [0, 0.1) is 0 Å². The van der Waals surface area contributed by atoms with Crippen molar-refractivity contribution in [2.45, 2.75) is 32.7 Å². The summed E-state index contributed by atoms with van der Waals surface area (Å²) in [4.78, 5) is 47.6. The van der Waals surface area contributed by atoms with Crippen molar-refractivity contribution in [3.63, 3.8) is 0 Å². The zero-order valence-electron chi connectivity index (χ0n) is 26.7. The molecule has 11 heteroatoms. The number of allylic oxidation sites excluding steroid dienone is 1. The van der Waals surface area contributed by atoms with Gasteiger partial charge in [0.1, 0.15) is 17.5 Å². The van der Waals surface area contributed by atoms with Crippen molar-refractivity contribution in [3.8, 4) is 11.5 Å². The summed E-state index contributed by atoms with van der Waals surface area (Å²) in [5, 5.41) is 1.82. The van der Waals surface area contributed by atoms with Gasteiger partial charge in [-0.3, -0.25) is 14.2 Å². The Morgan fingerprint density at radius 1 is 1.04 bits per heavy atom. The first-order valence-corrected chi connectivity index (χ1v) is 16.6. The number of nitrogens with zero attached hydrogens (tertiary/aromatic N) is 3. The zero-order chi connectivity index (χ0) is 32.9. The van der Waals surface area contributed by atoms with Gasteiger partial charge in [0, 0.05) is 18.7 Å². The van der Waals surface area contributed by atoms with Crippen molar-refractivity contribution < 1.29 is 28.5 Å². The smallest absolute Gasteiger partial charge is 0.338 e. The lowest BCUT2D eigenvalue weighted by molar-refractivity contribution is -0.139. The first-order valence-electron chi connectivity index (χ1n) is 15.8. The fourth-order valence-electron chi connectivity index (χ4n) is 5.99. The number of esters is 1. The van der Waals surface area contributed by atoms with Gasteiger partial charge in [-0.15, -0.1) is 0 Å². The van der Waals surface area contributed by atoms with Gasteiger partial charge in [-0.1, -0.05) is 67.1 Å². The summed E-state index contributed by atoms with van der Waals surface area (Å²) in [5.74, 6) is 0.527. The quantitative estimate of drug-likeness (QED) is 0.238. The van der Waals surface area contributed by atoms with Crippen molar-refractivity contribution in [3.05, 3.63) is 103 Å². The molecule has 4 aromatic rings. The van der Waals surface area contributed by atoms with E-state index in [-0.39, 0.29) is 24.7 Å². The molecule has 1 atom stereocenters. The molecule has 3 heterocycles. The first-order chi connectivity index (χ1) is 22.9. The van der Waals surface area contributed by atoms with Gasteiger partial charge in [0.25, 0.3) is 11.5 Å². The third kappa shape index (κ3) is 6.59. The van der Waals surface area contributed by atoms with E-state index >= 15 is 0 Å². The third-order valence-corrected chi connectivity index (χ3v) is 9.20. The molecule has 0 aliphatic carbocycles. The van der Waals surface area contributed by atoms with E-state index in [1.165, 1.54) is 11.3 Å². The van der Waals surface area contributed by atoms with Gasteiger partial charge in [-0.05, 0) is 54.0 Å². The van der Waals surface area contributed by atoms with Crippen LogP contribution in [0.3, 0.4) is 0 Å². The molecule has 244 valence electrons. The van der Waals surface area contributed by atoms with E-state index in [1.54, 1.807) is 41.7 Å². The van der Waals surface area contributed by atoms with E-state index < -0.39 is 12.0 Å². The normalized spacial score (nSPS) is 16.5. The van der Waals surface area contributed by atoms with Crippen molar-refractivity contribution >= 4 is 40.1 Å². The Bertz CT molecular complexity index is 2010. The molecule has 0 N–H and O–H groups in total. The SMILES string of the molecule is CCCC1=C(C(=O)OCC)[C@H](c2c(OC)ccc3ccccc23)n2c(s/c(=C/c3ccc(OCC(=O)N4CCOCC4)cc3)c2=O)=N1. The number of carbonyl (C=O) groups excluding carboxylic acids is 2. The summed E-state index contributed by atoms with van der Waals surface area (Å²) in [6.45, 7) is 6.11. The Morgan fingerprint density at radius 2 is 1.81 bits per heavy atom. The molecular formula is C36H37N3O7S. The van der Waals surface area contributed by atoms with Gasteiger partial charge in [0.2, 0.25) is 0 Å². The van der Waals surface area contributed by atoms with Crippen LogP contribution in [0.1, 0.15) is 43.9 Å². The molecule has 2 aliphatic heterocycles. The molecule has 6 rings (SSSR count). The third-order valence-electron chi connectivity index (χ3n) is 8.22. The maximum absolute atomic E-state index is 14.3. The van der Waals surface area contributed by atoms with E-state index in [2.05, 4.69) is 0 Å². The number of methoxy groups -OCH3 is 1. The first kappa shape index (κ1) is 32.2. The van der Waals surface area contributed by atoms with Crippen LogP contribution in [-0.2, 0) is 19.1 Å². The highest BCUT2D eigenvalue weighted by Gasteiger charge is 2.37. The topological polar surface area (TPSA) is 109 Å². The average Bonchev–Trinajstić information content (AvgIpc) is 3.41. The van der Waals surface area contributed by atoms with Crippen LogP contribution >= 0.6 is 11.3 Å². The molecule has 0 saturated carbocycles. The number of hydrogen-bond donors (Lipinski definition) is 0. The molecule has 1 aromatic heterocycles. The van der Waals surface area contributed by atoms with Gasteiger partial charge >= 0.3 is 5.97 Å². The Balaban J connectivity index is 1.42. The Labute approximate surface area is 276 Å². The maximum Gasteiger partial charge on any atom is 0.338 e. The number of rotatable bonds is 10. The van der Waals surface area contributed by atoms with Crippen LogP contribution in [0.25, 0.3) is 16.8 Å². The zero-order valence-corrected chi connectivity index (χ0v) is 27.5. The Hall–Kier alpha value is -4.74. The van der Waals surface area contributed by atoms with Crippen molar-refractivity contribution in [2.75, 3.05) is 46.6 Å².